The van der Waals surface area contributed by atoms with E-state index in [1.807, 2.05) is 16.9 Å². The Hall–Kier alpha value is -0.770. The molecule has 0 radical (unpaired) electrons. The standard InChI is InChI=1S/C13H22N2OS/c1-4-8-17-10-13(16)9-12-6-7-15(14-12)11(3)5-2/h6-7,11H,4-5,8-10H2,1-3H3. The first-order valence-electron chi connectivity index (χ1n) is 6.30. The molecule has 0 saturated heterocycles. The topological polar surface area (TPSA) is 34.9 Å². The largest absolute Gasteiger partial charge is 0.298 e. The van der Waals surface area contributed by atoms with Crippen molar-refractivity contribution in [3.8, 4) is 0 Å². The summed E-state index contributed by atoms with van der Waals surface area (Å²) in [6, 6.07) is 2.36. The van der Waals surface area contributed by atoms with Crippen LogP contribution in [0.2, 0.25) is 0 Å². The molecule has 96 valence electrons. The first kappa shape index (κ1) is 14.3. The van der Waals surface area contributed by atoms with E-state index in [1.54, 1.807) is 11.8 Å². The van der Waals surface area contributed by atoms with Crippen molar-refractivity contribution in [2.24, 2.45) is 0 Å². The minimum absolute atomic E-state index is 0.276. The summed E-state index contributed by atoms with van der Waals surface area (Å²) in [6.45, 7) is 6.40. The zero-order valence-electron chi connectivity index (χ0n) is 11.0. The summed E-state index contributed by atoms with van der Waals surface area (Å²) < 4.78 is 1.95. The lowest BCUT2D eigenvalue weighted by Crippen LogP contribution is -2.09. The van der Waals surface area contributed by atoms with Gasteiger partial charge >= 0.3 is 0 Å². The predicted octanol–water partition coefficient (Wildman–Crippen LogP) is 3.11. The van der Waals surface area contributed by atoms with Gasteiger partial charge in [0.2, 0.25) is 0 Å². The molecule has 0 fully saturated rings. The Bertz CT molecular complexity index is 349. The van der Waals surface area contributed by atoms with Crippen molar-refractivity contribution in [3.63, 3.8) is 0 Å². The molecule has 1 unspecified atom stereocenters. The molecule has 3 nitrogen and oxygen atoms in total. The van der Waals surface area contributed by atoms with Crippen LogP contribution in [-0.2, 0) is 11.2 Å². The molecular weight excluding hydrogens is 232 g/mol. The fraction of sp³-hybridized carbons (Fsp3) is 0.692. The van der Waals surface area contributed by atoms with Crippen LogP contribution in [0.25, 0.3) is 0 Å². The van der Waals surface area contributed by atoms with Crippen molar-refractivity contribution < 1.29 is 4.79 Å². The van der Waals surface area contributed by atoms with Gasteiger partial charge in [0.1, 0.15) is 5.78 Å². The van der Waals surface area contributed by atoms with E-state index < -0.39 is 0 Å². The van der Waals surface area contributed by atoms with Gasteiger partial charge in [-0.2, -0.15) is 16.9 Å². The molecule has 0 N–H and O–H groups in total. The molecule has 1 aromatic heterocycles. The predicted molar refractivity (Wildman–Crippen MR) is 73.6 cm³/mol. The zero-order chi connectivity index (χ0) is 12.7. The first-order valence-corrected chi connectivity index (χ1v) is 7.46. The summed E-state index contributed by atoms with van der Waals surface area (Å²) >= 11 is 1.71. The molecule has 0 aliphatic carbocycles. The number of nitrogens with zero attached hydrogens (tertiary/aromatic N) is 2. The maximum absolute atomic E-state index is 11.7. The number of aromatic nitrogens is 2. The Morgan fingerprint density at radius 2 is 2.29 bits per heavy atom. The van der Waals surface area contributed by atoms with Crippen LogP contribution in [0.4, 0.5) is 0 Å². The second kappa shape index (κ2) is 7.54. The van der Waals surface area contributed by atoms with E-state index in [2.05, 4.69) is 25.9 Å². The fourth-order valence-electron chi connectivity index (χ4n) is 1.49. The minimum Gasteiger partial charge on any atom is -0.298 e. The maximum atomic E-state index is 11.7. The van der Waals surface area contributed by atoms with Gasteiger partial charge in [-0.1, -0.05) is 13.8 Å². The number of carbonyl (C=O) groups excluding carboxylic acids is 1. The number of rotatable bonds is 8. The molecule has 0 aliphatic rings. The molecule has 0 aromatic carbocycles. The quantitative estimate of drug-likeness (QED) is 0.669. The van der Waals surface area contributed by atoms with Crippen molar-refractivity contribution in [3.05, 3.63) is 18.0 Å². The zero-order valence-corrected chi connectivity index (χ0v) is 11.8. The normalized spacial score (nSPS) is 12.6. The van der Waals surface area contributed by atoms with Crippen molar-refractivity contribution in [2.45, 2.75) is 46.1 Å². The highest BCUT2D eigenvalue weighted by Gasteiger charge is 2.08. The highest BCUT2D eigenvalue weighted by molar-refractivity contribution is 7.99. The molecule has 17 heavy (non-hydrogen) atoms. The fourth-order valence-corrected chi connectivity index (χ4v) is 2.25. The van der Waals surface area contributed by atoms with E-state index in [9.17, 15) is 4.79 Å². The van der Waals surface area contributed by atoms with Gasteiger partial charge in [0.15, 0.2) is 0 Å². The average Bonchev–Trinajstić information content (AvgIpc) is 2.77. The third kappa shape index (κ3) is 4.94. The molecule has 1 aromatic rings. The van der Waals surface area contributed by atoms with Gasteiger partial charge in [-0.05, 0) is 31.6 Å². The summed E-state index contributed by atoms with van der Waals surface area (Å²) in [7, 11) is 0. The smallest absolute Gasteiger partial charge is 0.148 e. The number of thioether (sulfide) groups is 1. The number of ketones is 1. The van der Waals surface area contributed by atoms with Crippen LogP contribution in [0, 0.1) is 0 Å². The lowest BCUT2D eigenvalue weighted by molar-refractivity contribution is -0.116. The average molecular weight is 254 g/mol. The number of carbonyl (C=O) groups is 1. The lowest BCUT2D eigenvalue weighted by Gasteiger charge is -2.07. The van der Waals surface area contributed by atoms with E-state index in [0.717, 1.165) is 24.3 Å². The summed E-state index contributed by atoms with van der Waals surface area (Å²) in [6.07, 6.45) is 4.62. The van der Waals surface area contributed by atoms with Crippen molar-refractivity contribution in [1.82, 2.24) is 9.78 Å². The Balaban J connectivity index is 2.40. The van der Waals surface area contributed by atoms with Crippen molar-refractivity contribution in [1.29, 1.82) is 0 Å². The molecule has 4 heteroatoms. The van der Waals surface area contributed by atoms with Crippen molar-refractivity contribution >= 4 is 17.5 Å². The third-order valence-corrected chi connectivity index (χ3v) is 3.92. The van der Waals surface area contributed by atoms with Crippen LogP contribution in [-0.4, -0.2) is 27.1 Å². The van der Waals surface area contributed by atoms with E-state index in [-0.39, 0.29) is 5.78 Å². The van der Waals surface area contributed by atoms with E-state index in [1.165, 1.54) is 0 Å². The molecule has 1 rings (SSSR count). The second-order valence-corrected chi connectivity index (χ2v) is 5.42. The SMILES string of the molecule is CCCSCC(=O)Cc1ccn(C(C)CC)n1. The van der Waals surface area contributed by atoms with Crippen LogP contribution < -0.4 is 0 Å². The monoisotopic (exact) mass is 254 g/mol. The molecule has 0 saturated carbocycles. The molecule has 0 aliphatic heterocycles. The van der Waals surface area contributed by atoms with Gasteiger partial charge in [0.05, 0.1) is 17.9 Å². The van der Waals surface area contributed by atoms with Crippen LogP contribution in [0.5, 0.6) is 0 Å². The van der Waals surface area contributed by atoms with E-state index in [0.29, 0.717) is 18.2 Å². The molecule has 0 bridgehead atoms. The summed E-state index contributed by atoms with van der Waals surface area (Å²) in [5.41, 5.74) is 0.896. The maximum Gasteiger partial charge on any atom is 0.148 e. The molecular formula is C13H22N2OS. The third-order valence-electron chi connectivity index (χ3n) is 2.70. The van der Waals surface area contributed by atoms with Gasteiger partial charge in [-0.15, -0.1) is 0 Å². The number of Topliss-reactive ketones (excluding diaryl/α,β-unsaturated/α-hetero) is 1. The van der Waals surface area contributed by atoms with E-state index in [4.69, 9.17) is 0 Å². The Kier molecular flexibility index (Phi) is 6.34. The Labute approximate surface area is 108 Å². The summed E-state index contributed by atoms with van der Waals surface area (Å²) in [5.74, 6) is 1.95. The lowest BCUT2D eigenvalue weighted by atomic mass is 10.2. The number of hydrogen-bond acceptors (Lipinski definition) is 3. The van der Waals surface area contributed by atoms with E-state index >= 15 is 0 Å². The van der Waals surface area contributed by atoms with Gasteiger partial charge in [-0.3, -0.25) is 9.48 Å². The van der Waals surface area contributed by atoms with Gasteiger partial charge in [0.25, 0.3) is 0 Å². The first-order chi connectivity index (χ1) is 8.17. The van der Waals surface area contributed by atoms with Crippen LogP contribution >= 0.6 is 11.8 Å². The molecule has 1 atom stereocenters. The van der Waals surface area contributed by atoms with Gasteiger partial charge in [-0.25, -0.2) is 0 Å². The Morgan fingerprint density at radius 3 is 2.94 bits per heavy atom. The second-order valence-electron chi connectivity index (χ2n) is 4.31. The molecule has 0 amide bonds. The Morgan fingerprint density at radius 1 is 1.53 bits per heavy atom. The van der Waals surface area contributed by atoms with Crippen LogP contribution in [0.3, 0.4) is 0 Å². The van der Waals surface area contributed by atoms with Gasteiger partial charge < -0.3 is 0 Å². The summed E-state index contributed by atoms with van der Waals surface area (Å²) in [4.78, 5) is 11.7. The number of hydrogen-bond donors (Lipinski definition) is 0. The highest BCUT2D eigenvalue weighted by atomic mass is 32.2. The highest BCUT2D eigenvalue weighted by Crippen LogP contribution is 2.10. The van der Waals surface area contributed by atoms with Crippen LogP contribution in [0.15, 0.2) is 12.3 Å². The summed E-state index contributed by atoms with van der Waals surface area (Å²) in [5, 5.41) is 4.44. The minimum atomic E-state index is 0.276. The van der Waals surface area contributed by atoms with Gasteiger partial charge in [0, 0.05) is 12.2 Å². The molecule has 0 spiro atoms. The van der Waals surface area contributed by atoms with Crippen molar-refractivity contribution in [2.75, 3.05) is 11.5 Å². The van der Waals surface area contributed by atoms with Crippen LogP contribution in [0.1, 0.15) is 45.3 Å². The molecule has 1 heterocycles.